The molecule has 1 aliphatic heterocycles. The van der Waals surface area contributed by atoms with E-state index in [-0.39, 0.29) is 23.6 Å². The smallest absolute Gasteiger partial charge is 0.295 e. The molecule has 2 aromatic rings. The fourth-order valence-electron chi connectivity index (χ4n) is 4.28. The summed E-state index contributed by atoms with van der Waals surface area (Å²) in [6.45, 7) is 8.88. The van der Waals surface area contributed by atoms with Crippen molar-refractivity contribution in [2.24, 2.45) is 0 Å². The maximum Gasteiger partial charge on any atom is 0.295 e. The van der Waals surface area contributed by atoms with Crippen molar-refractivity contribution >= 4 is 23.1 Å². The molecule has 9 heteroatoms. The van der Waals surface area contributed by atoms with E-state index in [1.807, 2.05) is 13.8 Å². The molecule has 36 heavy (non-hydrogen) atoms. The molecular weight excluding hydrogens is 462 g/mol. The van der Waals surface area contributed by atoms with Crippen molar-refractivity contribution in [1.82, 2.24) is 9.80 Å². The summed E-state index contributed by atoms with van der Waals surface area (Å²) >= 11 is 0. The summed E-state index contributed by atoms with van der Waals surface area (Å²) in [6.07, 6.45) is 1.85. The number of nitro groups is 1. The number of likely N-dealkylation sites (tertiary alicyclic amines) is 1. The van der Waals surface area contributed by atoms with Gasteiger partial charge in [0.15, 0.2) is 0 Å². The average molecular weight is 496 g/mol. The Morgan fingerprint density at radius 1 is 1.11 bits per heavy atom. The third-order valence-electron chi connectivity index (χ3n) is 6.36. The standard InChI is InChI=1S/C27H33N3O6/c1-4-7-16-36-22-13-9-11-20(18-22)25(31)23-24(19-10-8-12-21(17-19)30(34)35)29(27(33)26(23)32)15-14-28(5-2)6-3/h8-13,17-18,24,31H,4-7,14-16H2,1-3H3/b25-23+. The zero-order valence-corrected chi connectivity index (χ0v) is 21.0. The highest BCUT2D eigenvalue weighted by molar-refractivity contribution is 6.46. The Morgan fingerprint density at radius 2 is 1.83 bits per heavy atom. The summed E-state index contributed by atoms with van der Waals surface area (Å²) in [5, 5.41) is 22.7. The highest BCUT2D eigenvalue weighted by Crippen LogP contribution is 2.40. The van der Waals surface area contributed by atoms with E-state index in [1.54, 1.807) is 30.3 Å². The van der Waals surface area contributed by atoms with E-state index in [0.717, 1.165) is 25.9 Å². The first-order chi connectivity index (χ1) is 17.3. The fourth-order valence-corrected chi connectivity index (χ4v) is 4.28. The molecule has 1 heterocycles. The third kappa shape index (κ3) is 5.91. The predicted octanol–water partition coefficient (Wildman–Crippen LogP) is 4.54. The number of carbonyl (C=O) groups excluding carboxylic acids is 2. The van der Waals surface area contributed by atoms with Crippen LogP contribution in [-0.4, -0.2) is 64.3 Å². The fraction of sp³-hybridized carbons (Fsp3) is 0.407. The van der Waals surface area contributed by atoms with Gasteiger partial charge in [0.25, 0.3) is 17.4 Å². The molecule has 1 atom stereocenters. The Balaban J connectivity index is 2.09. The molecule has 1 unspecified atom stereocenters. The number of carbonyl (C=O) groups is 2. The molecule has 0 bridgehead atoms. The second kappa shape index (κ2) is 12.3. The molecule has 1 fully saturated rings. The van der Waals surface area contributed by atoms with Crippen LogP contribution in [0.2, 0.25) is 0 Å². The minimum atomic E-state index is -0.954. The summed E-state index contributed by atoms with van der Waals surface area (Å²) in [5.41, 5.74) is 0.472. The minimum Gasteiger partial charge on any atom is -0.507 e. The Labute approximate surface area is 211 Å². The lowest BCUT2D eigenvalue weighted by Gasteiger charge is -2.28. The van der Waals surface area contributed by atoms with Crippen LogP contribution in [-0.2, 0) is 9.59 Å². The molecule has 2 aromatic carbocycles. The second-order valence-electron chi connectivity index (χ2n) is 8.60. The molecule has 0 aliphatic carbocycles. The number of aliphatic hydroxyl groups is 1. The van der Waals surface area contributed by atoms with E-state index < -0.39 is 22.7 Å². The molecule has 0 aromatic heterocycles. The number of Topliss-reactive ketones (excluding diaryl/α,β-unsaturated/α-hetero) is 1. The van der Waals surface area contributed by atoms with Gasteiger partial charge in [-0.1, -0.05) is 51.5 Å². The van der Waals surface area contributed by atoms with Gasteiger partial charge in [-0.2, -0.15) is 0 Å². The van der Waals surface area contributed by atoms with Crippen LogP contribution < -0.4 is 4.74 Å². The number of nitro benzene ring substituents is 1. The third-order valence-corrected chi connectivity index (χ3v) is 6.36. The van der Waals surface area contributed by atoms with Crippen LogP contribution in [0.5, 0.6) is 5.75 Å². The predicted molar refractivity (Wildman–Crippen MR) is 137 cm³/mol. The molecule has 192 valence electrons. The van der Waals surface area contributed by atoms with Crippen molar-refractivity contribution in [3.63, 3.8) is 0 Å². The van der Waals surface area contributed by atoms with Crippen molar-refractivity contribution in [3.05, 3.63) is 75.3 Å². The number of benzene rings is 2. The zero-order valence-electron chi connectivity index (χ0n) is 21.0. The molecule has 1 aliphatic rings. The van der Waals surface area contributed by atoms with Gasteiger partial charge in [-0.15, -0.1) is 0 Å². The monoisotopic (exact) mass is 495 g/mol. The summed E-state index contributed by atoms with van der Waals surface area (Å²) < 4.78 is 5.74. The Morgan fingerprint density at radius 3 is 2.50 bits per heavy atom. The molecule has 1 amide bonds. The minimum absolute atomic E-state index is 0.0919. The normalized spacial score (nSPS) is 17.1. The highest BCUT2D eigenvalue weighted by atomic mass is 16.6. The van der Waals surface area contributed by atoms with Gasteiger partial charge in [0.2, 0.25) is 0 Å². The summed E-state index contributed by atoms with van der Waals surface area (Å²) in [7, 11) is 0. The number of nitrogens with zero attached hydrogens (tertiary/aromatic N) is 3. The number of ether oxygens (including phenoxy) is 1. The van der Waals surface area contributed by atoms with Crippen LogP contribution in [0.3, 0.4) is 0 Å². The number of hydrogen-bond acceptors (Lipinski definition) is 7. The average Bonchev–Trinajstić information content (AvgIpc) is 3.14. The summed E-state index contributed by atoms with van der Waals surface area (Å²) in [5.74, 6) is -1.36. The molecule has 0 radical (unpaired) electrons. The van der Waals surface area contributed by atoms with Crippen LogP contribution >= 0.6 is 0 Å². The van der Waals surface area contributed by atoms with Crippen LogP contribution in [0.4, 0.5) is 5.69 Å². The maximum atomic E-state index is 13.2. The lowest BCUT2D eigenvalue weighted by atomic mass is 9.95. The first-order valence-corrected chi connectivity index (χ1v) is 12.3. The van der Waals surface area contributed by atoms with E-state index in [9.17, 15) is 24.8 Å². The van der Waals surface area contributed by atoms with E-state index in [2.05, 4.69) is 11.8 Å². The Bertz CT molecular complexity index is 1140. The number of rotatable bonds is 12. The van der Waals surface area contributed by atoms with Crippen LogP contribution in [0, 0.1) is 10.1 Å². The lowest BCUT2D eigenvalue weighted by molar-refractivity contribution is -0.384. The molecule has 1 N–H and O–H groups in total. The van der Waals surface area contributed by atoms with Crippen LogP contribution in [0.1, 0.15) is 50.8 Å². The zero-order chi connectivity index (χ0) is 26.2. The Hall–Kier alpha value is -3.72. The van der Waals surface area contributed by atoms with Crippen LogP contribution in [0.25, 0.3) is 5.76 Å². The van der Waals surface area contributed by atoms with Gasteiger partial charge < -0.3 is 19.6 Å². The van der Waals surface area contributed by atoms with E-state index in [4.69, 9.17) is 4.74 Å². The number of amides is 1. The molecule has 0 spiro atoms. The highest BCUT2D eigenvalue weighted by Gasteiger charge is 2.46. The number of hydrogen-bond donors (Lipinski definition) is 1. The van der Waals surface area contributed by atoms with Crippen molar-refractivity contribution in [3.8, 4) is 5.75 Å². The van der Waals surface area contributed by atoms with Gasteiger partial charge in [0.05, 0.1) is 23.1 Å². The summed E-state index contributed by atoms with van der Waals surface area (Å²) in [6, 6.07) is 11.6. The van der Waals surface area contributed by atoms with Gasteiger partial charge in [-0.25, -0.2) is 0 Å². The van der Waals surface area contributed by atoms with Gasteiger partial charge >= 0.3 is 0 Å². The van der Waals surface area contributed by atoms with Crippen molar-refractivity contribution < 1.29 is 24.4 Å². The molecular formula is C27H33N3O6. The Kier molecular flexibility index (Phi) is 9.19. The second-order valence-corrected chi connectivity index (χ2v) is 8.60. The van der Waals surface area contributed by atoms with Crippen LogP contribution in [0.15, 0.2) is 54.1 Å². The van der Waals surface area contributed by atoms with Gasteiger partial charge in [0, 0.05) is 30.8 Å². The molecule has 0 saturated carbocycles. The molecule has 1 saturated heterocycles. The number of aliphatic hydroxyl groups excluding tert-OH is 1. The number of non-ortho nitro benzene ring substituents is 1. The number of likely N-dealkylation sites (N-methyl/N-ethyl adjacent to an activating group) is 1. The topological polar surface area (TPSA) is 113 Å². The largest absolute Gasteiger partial charge is 0.507 e. The van der Waals surface area contributed by atoms with Crippen molar-refractivity contribution in [2.45, 2.75) is 39.7 Å². The maximum absolute atomic E-state index is 13.2. The first kappa shape index (κ1) is 26.9. The quantitative estimate of drug-likeness (QED) is 0.115. The van der Waals surface area contributed by atoms with Gasteiger partial charge in [-0.3, -0.25) is 19.7 Å². The number of unbranched alkanes of at least 4 members (excludes halogenated alkanes) is 1. The van der Waals surface area contributed by atoms with Crippen molar-refractivity contribution in [1.29, 1.82) is 0 Å². The van der Waals surface area contributed by atoms with E-state index in [1.165, 1.54) is 23.1 Å². The molecule has 3 rings (SSSR count). The lowest BCUT2D eigenvalue weighted by Crippen LogP contribution is -2.38. The van der Waals surface area contributed by atoms with E-state index in [0.29, 0.717) is 30.0 Å². The van der Waals surface area contributed by atoms with Gasteiger partial charge in [0.1, 0.15) is 11.5 Å². The number of ketones is 1. The van der Waals surface area contributed by atoms with E-state index >= 15 is 0 Å². The van der Waals surface area contributed by atoms with Gasteiger partial charge in [-0.05, 0) is 37.2 Å². The molecule has 9 nitrogen and oxygen atoms in total. The summed E-state index contributed by atoms with van der Waals surface area (Å²) in [4.78, 5) is 40.8. The van der Waals surface area contributed by atoms with Crippen molar-refractivity contribution in [2.75, 3.05) is 32.8 Å². The SMILES string of the molecule is CCCCOc1cccc(/C(O)=C2\C(=O)C(=O)N(CCN(CC)CC)C2c2cccc([N+](=O)[O-])c2)c1. The first-order valence-electron chi connectivity index (χ1n) is 12.3.